The van der Waals surface area contributed by atoms with Gasteiger partial charge in [0.25, 0.3) is 5.56 Å². The molecular formula is C8H11N3O. The van der Waals surface area contributed by atoms with Crippen molar-refractivity contribution in [3.8, 4) is 0 Å². The first-order valence-corrected chi connectivity index (χ1v) is 4.08. The number of rotatable bonds is 0. The Labute approximate surface area is 69.8 Å². The van der Waals surface area contributed by atoms with E-state index in [1.54, 1.807) is 0 Å². The molecule has 1 aromatic rings. The third kappa shape index (κ3) is 1.14. The van der Waals surface area contributed by atoms with Gasteiger partial charge < -0.3 is 10.7 Å². The third-order valence-corrected chi connectivity index (χ3v) is 2.26. The normalized spacial score (nSPS) is 21.9. The average Bonchev–Trinajstić information content (AvgIpc) is 2.04. The minimum atomic E-state index is -0.00750. The highest BCUT2D eigenvalue weighted by atomic mass is 16.1. The molecule has 1 aliphatic carbocycles. The van der Waals surface area contributed by atoms with Gasteiger partial charge in [-0.2, -0.15) is 0 Å². The third-order valence-electron chi connectivity index (χ3n) is 2.26. The predicted octanol–water partition coefficient (Wildman–Crippen LogP) is -0.414. The maximum atomic E-state index is 11.2. The van der Waals surface area contributed by atoms with Crippen LogP contribution in [0.1, 0.15) is 17.7 Å². The quantitative estimate of drug-likeness (QED) is 0.548. The second-order valence-electron chi connectivity index (χ2n) is 3.16. The van der Waals surface area contributed by atoms with Crippen LogP contribution in [-0.2, 0) is 12.8 Å². The Balaban J connectivity index is 2.49. The molecule has 1 aromatic heterocycles. The second-order valence-corrected chi connectivity index (χ2v) is 3.16. The van der Waals surface area contributed by atoms with Crippen LogP contribution in [-0.4, -0.2) is 16.0 Å². The zero-order valence-corrected chi connectivity index (χ0v) is 6.71. The van der Waals surface area contributed by atoms with E-state index in [2.05, 4.69) is 9.97 Å². The lowest BCUT2D eigenvalue weighted by Crippen LogP contribution is -2.32. The standard InChI is InChI=1S/C8H11N3O/c9-5-1-2-6-7(3-5)10-4-11-8(6)12/h4-5H,1-3,9H2,(H,10,11,12). The molecule has 4 heteroatoms. The Kier molecular flexibility index (Phi) is 1.69. The van der Waals surface area contributed by atoms with E-state index in [1.807, 2.05) is 0 Å². The number of H-pyrrole nitrogens is 1. The summed E-state index contributed by atoms with van der Waals surface area (Å²) in [5.41, 5.74) is 7.43. The summed E-state index contributed by atoms with van der Waals surface area (Å²) in [6, 6.07) is 0.173. The summed E-state index contributed by atoms with van der Waals surface area (Å²) in [7, 11) is 0. The smallest absolute Gasteiger partial charge is 0.254 e. The van der Waals surface area contributed by atoms with Crippen molar-refractivity contribution < 1.29 is 0 Å². The summed E-state index contributed by atoms with van der Waals surface area (Å²) >= 11 is 0. The Morgan fingerprint density at radius 1 is 1.67 bits per heavy atom. The molecule has 0 bridgehead atoms. The van der Waals surface area contributed by atoms with E-state index in [0.717, 1.165) is 30.5 Å². The molecule has 0 spiro atoms. The van der Waals surface area contributed by atoms with Gasteiger partial charge in [0.2, 0.25) is 0 Å². The van der Waals surface area contributed by atoms with Crippen LogP contribution in [0.4, 0.5) is 0 Å². The number of nitrogens with zero attached hydrogens (tertiary/aromatic N) is 1. The molecule has 0 saturated heterocycles. The summed E-state index contributed by atoms with van der Waals surface area (Å²) in [5, 5.41) is 0. The summed E-state index contributed by atoms with van der Waals surface area (Å²) in [5.74, 6) is 0. The van der Waals surface area contributed by atoms with Gasteiger partial charge in [-0.05, 0) is 12.8 Å². The summed E-state index contributed by atoms with van der Waals surface area (Å²) < 4.78 is 0. The fourth-order valence-electron chi connectivity index (χ4n) is 1.58. The maximum absolute atomic E-state index is 11.2. The molecule has 0 radical (unpaired) electrons. The van der Waals surface area contributed by atoms with E-state index in [-0.39, 0.29) is 11.6 Å². The first kappa shape index (κ1) is 7.49. The fourth-order valence-corrected chi connectivity index (χ4v) is 1.58. The highest BCUT2D eigenvalue weighted by Crippen LogP contribution is 2.13. The Morgan fingerprint density at radius 3 is 3.33 bits per heavy atom. The SMILES string of the molecule is NC1CCc2c(nc[nH]c2=O)C1. The van der Waals surface area contributed by atoms with Crippen molar-refractivity contribution in [1.29, 1.82) is 0 Å². The van der Waals surface area contributed by atoms with E-state index >= 15 is 0 Å². The van der Waals surface area contributed by atoms with Crippen molar-refractivity contribution in [2.24, 2.45) is 5.73 Å². The number of hydrogen-bond acceptors (Lipinski definition) is 3. The number of aromatic amines is 1. The van der Waals surface area contributed by atoms with Crippen LogP contribution in [0, 0.1) is 0 Å². The highest BCUT2D eigenvalue weighted by molar-refractivity contribution is 5.20. The van der Waals surface area contributed by atoms with Gasteiger partial charge in [-0.25, -0.2) is 4.98 Å². The Morgan fingerprint density at radius 2 is 2.50 bits per heavy atom. The first-order chi connectivity index (χ1) is 5.77. The Bertz CT molecular complexity index is 344. The van der Waals surface area contributed by atoms with Gasteiger partial charge in [-0.15, -0.1) is 0 Å². The molecule has 0 aliphatic heterocycles. The van der Waals surface area contributed by atoms with Crippen molar-refractivity contribution in [3.63, 3.8) is 0 Å². The molecule has 1 heterocycles. The molecule has 64 valence electrons. The van der Waals surface area contributed by atoms with E-state index in [0.29, 0.717) is 0 Å². The molecule has 0 aromatic carbocycles. The molecule has 1 atom stereocenters. The van der Waals surface area contributed by atoms with Crippen LogP contribution in [0.3, 0.4) is 0 Å². The number of fused-ring (bicyclic) bond motifs is 1. The van der Waals surface area contributed by atoms with Crippen molar-refractivity contribution in [3.05, 3.63) is 27.9 Å². The molecule has 12 heavy (non-hydrogen) atoms. The van der Waals surface area contributed by atoms with Gasteiger partial charge >= 0.3 is 0 Å². The molecular weight excluding hydrogens is 154 g/mol. The monoisotopic (exact) mass is 165 g/mol. The molecule has 0 fully saturated rings. The average molecular weight is 165 g/mol. The maximum Gasteiger partial charge on any atom is 0.254 e. The zero-order chi connectivity index (χ0) is 8.55. The van der Waals surface area contributed by atoms with Gasteiger partial charge in [-0.3, -0.25) is 4.79 Å². The van der Waals surface area contributed by atoms with E-state index in [9.17, 15) is 4.79 Å². The number of nitrogens with two attached hydrogens (primary N) is 1. The molecule has 0 amide bonds. The number of hydrogen-bond donors (Lipinski definition) is 2. The minimum Gasteiger partial charge on any atom is -0.327 e. The lowest BCUT2D eigenvalue weighted by atomic mass is 9.94. The van der Waals surface area contributed by atoms with Crippen molar-refractivity contribution in [2.45, 2.75) is 25.3 Å². The minimum absolute atomic E-state index is 0.00750. The summed E-state index contributed by atoms with van der Waals surface area (Å²) in [6.45, 7) is 0. The first-order valence-electron chi connectivity index (χ1n) is 4.08. The fraction of sp³-hybridized carbons (Fsp3) is 0.500. The topological polar surface area (TPSA) is 71.8 Å². The van der Waals surface area contributed by atoms with Gasteiger partial charge in [0, 0.05) is 18.0 Å². The van der Waals surface area contributed by atoms with E-state index in [1.165, 1.54) is 6.33 Å². The van der Waals surface area contributed by atoms with Crippen LogP contribution < -0.4 is 11.3 Å². The summed E-state index contributed by atoms with van der Waals surface area (Å²) in [4.78, 5) is 17.9. The van der Waals surface area contributed by atoms with Crippen LogP contribution in [0.15, 0.2) is 11.1 Å². The van der Waals surface area contributed by atoms with Crippen molar-refractivity contribution in [2.75, 3.05) is 0 Å². The van der Waals surface area contributed by atoms with Gasteiger partial charge in [0.15, 0.2) is 0 Å². The lowest BCUT2D eigenvalue weighted by Gasteiger charge is -2.18. The molecule has 1 aliphatic rings. The second kappa shape index (κ2) is 2.71. The van der Waals surface area contributed by atoms with Crippen LogP contribution in [0.25, 0.3) is 0 Å². The predicted molar refractivity (Wildman–Crippen MR) is 44.9 cm³/mol. The number of nitrogens with one attached hydrogen (secondary N) is 1. The van der Waals surface area contributed by atoms with Crippen LogP contribution in [0.5, 0.6) is 0 Å². The van der Waals surface area contributed by atoms with Gasteiger partial charge in [0.1, 0.15) is 0 Å². The van der Waals surface area contributed by atoms with E-state index < -0.39 is 0 Å². The van der Waals surface area contributed by atoms with Crippen molar-refractivity contribution in [1.82, 2.24) is 9.97 Å². The van der Waals surface area contributed by atoms with Crippen LogP contribution in [0.2, 0.25) is 0 Å². The zero-order valence-electron chi connectivity index (χ0n) is 6.71. The molecule has 3 N–H and O–H groups in total. The number of aromatic nitrogens is 2. The van der Waals surface area contributed by atoms with E-state index in [4.69, 9.17) is 5.73 Å². The van der Waals surface area contributed by atoms with Gasteiger partial charge in [0.05, 0.1) is 12.0 Å². The molecule has 1 unspecified atom stereocenters. The van der Waals surface area contributed by atoms with Gasteiger partial charge in [-0.1, -0.05) is 0 Å². The molecule has 2 rings (SSSR count). The lowest BCUT2D eigenvalue weighted by molar-refractivity contribution is 0.559. The molecule has 4 nitrogen and oxygen atoms in total. The summed E-state index contributed by atoms with van der Waals surface area (Å²) in [6.07, 6.45) is 3.83. The highest BCUT2D eigenvalue weighted by Gasteiger charge is 2.18. The van der Waals surface area contributed by atoms with Crippen LogP contribution >= 0.6 is 0 Å². The largest absolute Gasteiger partial charge is 0.327 e. The molecule has 0 saturated carbocycles. The Hall–Kier alpha value is -1.16. The van der Waals surface area contributed by atoms with Crippen molar-refractivity contribution >= 4 is 0 Å².